The molecule has 96 valence electrons. The number of carbonyl (C=O) groups excluding carboxylic acids is 1. The Morgan fingerprint density at radius 2 is 2.50 bits per heavy atom. The van der Waals surface area contributed by atoms with Gasteiger partial charge in [0.25, 0.3) is 0 Å². The molecule has 2 atom stereocenters. The molecule has 18 heavy (non-hydrogen) atoms. The standard InChI is InChI=1S/C10H10N2O5S/c1-2-16-10(13)8-9(17-5-11-8)6-3-7(12(14)15)18-4-6/h3-5,8-9H,2H2,1H3. The molecule has 1 aliphatic rings. The number of hydrogen-bond donors (Lipinski definition) is 0. The Morgan fingerprint density at radius 3 is 3.11 bits per heavy atom. The topological polar surface area (TPSA) is 91.0 Å². The van der Waals surface area contributed by atoms with Gasteiger partial charge >= 0.3 is 11.0 Å². The number of hydrogen-bond acceptors (Lipinski definition) is 7. The van der Waals surface area contributed by atoms with Crippen molar-refractivity contribution in [1.82, 2.24) is 0 Å². The Labute approximate surface area is 106 Å². The maximum absolute atomic E-state index is 11.6. The third-order valence-electron chi connectivity index (χ3n) is 2.36. The van der Waals surface area contributed by atoms with E-state index in [0.717, 1.165) is 11.3 Å². The van der Waals surface area contributed by atoms with Crippen molar-refractivity contribution >= 4 is 28.7 Å². The van der Waals surface area contributed by atoms with E-state index in [1.165, 1.54) is 12.5 Å². The van der Waals surface area contributed by atoms with Gasteiger partial charge in [0.05, 0.1) is 11.5 Å². The van der Waals surface area contributed by atoms with E-state index >= 15 is 0 Å². The van der Waals surface area contributed by atoms with E-state index < -0.39 is 23.0 Å². The van der Waals surface area contributed by atoms with Crippen LogP contribution in [0.1, 0.15) is 18.6 Å². The minimum Gasteiger partial charge on any atom is -0.473 e. The van der Waals surface area contributed by atoms with Gasteiger partial charge in [0.2, 0.25) is 0 Å². The van der Waals surface area contributed by atoms with E-state index in [0.29, 0.717) is 5.56 Å². The fourth-order valence-corrected chi connectivity index (χ4v) is 2.32. The summed E-state index contributed by atoms with van der Waals surface area (Å²) < 4.78 is 10.1. The smallest absolute Gasteiger partial charge is 0.335 e. The van der Waals surface area contributed by atoms with Gasteiger partial charge in [-0.3, -0.25) is 10.1 Å². The fraction of sp³-hybridized carbons (Fsp3) is 0.400. The zero-order valence-corrected chi connectivity index (χ0v) is 10.3. The van der Waals surface area contributed by atoms with Crippen LogP contribution in [0.15, 0.2) is 16.4 Å². The first-order valence-corrected chi connectivity index (χ1v) is 6.08. The van der Waals surface area contributed by atoms with Crippen LogP contribution in [0, 0.1) is 10.1 Å². The van der Waals surface area contributed by atoms with Crippen molar-refractivity contribution < 1.29 is 19.2 Å². The number of esters is 1. The summed E-state index contributed by atoms with van der Waals surface area (Å²) in [5.41, 5.74) is 0.558. The number of thiophene rings is 1. The molecule has 0 aromatic carbocycles. The first kappa shape index (κ1) is 12.5. The Balaban J connectivity index is 2.16. The molecular formula is C10H10N2O5S. The van der Waals surface area contributed by atoms with Crippen LogP contribution in [-0.4, -0.2) is 29.9 Å². The number of nitrogens with zero attached hydrogens (tertiary/aromatic N) is 2. The summed E-state index contributed by atoms with van der Waals surface area (Å²) in [7, 11) is 0. The second kappa shape index (κ2) is 5.13. The maximum Gasteiger partial charge on any atom is 0.335 e. The van der Waals surface area contributed by atoms with Crippen LogP contribution < -0.4 is 0 Å². The highest BCUT2D eigenvalue weighted by Crippen LogP contribution is 2.33. The molecule has 0 spiro atoms. The molecule has 0 amide bonds. The van der Waals surface area contributed by atoms with Crippen molar-refractivity contribution in [3.8, 4) is 0 Å². The highest BCUT2D eigenvalue weighted by molar-refractivity contribution is 7.13. The minimum absolute atomic E-state index is 0.00288. The molecule has 0 saturated heterocycles. The quantitative estimate of drug-likeness (QED) is 0.471. The molecule has 1 aliphatic heterocycles. The number of rotatable bonds is 4. The summed E-state index contributed by atoms with van der Waals surface area (Å²) in [5.74, 6) is -0.495. The lowest BCUT2D eigenvalue weighted by Crippen LogP contribution is -2.26. The van der Waals surface area contributed by atoms with Crippen molar-refractivity contribution in [2.24, 2.45) is 4.99 Å². The van der Waals surface area contributed by atoms with Crippen LogP contribution in [-0.2, 0) is 14.3 Å². The van der Waals surface area contributed by atoms with E-state index in [2.05, 4.69) is 4.99 Å². The Hall–Kier alpha value is -1.96. The van der Waals surface area contributed by atoms with Crippen LogP contribution in [0.2, 0.25) is 0 Å². The summed E-state index contributed by atoms with van der Waals surface area (Å²) in [6.07, 6.45) is 0.532. The molecule has 2 heterocycles. The molecular weight excluding hydrogens is 260 g/mol. The van der Waals surface area contributed by atoms with Gasteiger partial charge in [-0.2, -0.15) is 0 Å². The van der Waals surface area contributed by atoms with Gasteiger partial charge in [0.15, 0.2) is 18.5 Å². The largest absolute Gasteiger partial charge is 0.473 e. The van der Waals surface area contributed by atoms with Crippen LogP contribution in [0.25, 0.3) is 0 Å². The van der Waals surface area contributed by atoms with Crippen molar-refractivity contribution in [3.05, 3.63) is 27.1 Å². The molecule has 1 aromatic heterocycles. The number of aliphatic imine (C=N–C) groups is 1. The predicted molar refractivity (Wildman–Crippen MR) is 63.7 cm³/mol. The second-order valence-electron chi connectivity index (χ2n) is 3.48. The van der Waals surface area contributed by atoms with Gasteiger partial charge in [0.1, 0.15) is 0 Å². The molecule has 7 nitrogen and oxygen atoms in total. The average Bonchev–Trinajstić information content (AvgIpc) is 2.98. The van der Waals surface area contributed by atoms with Crippen LogP contribution in [0.3, 0.4) is 0 Å². The number of carbonyl (C=O) groups is 1. The Bertz CT molecular complexity index is 498. The normalized spacial score (nSPS) is 21.6. The molecule has 2 rings (SSSR count). The summed E-state index contributed by atoms with van der Waals surface area (Å²) in [6.45, 7) is 1.95. The third kappa shape index (κ3) is 2.33. The van der Waals surface area contributed by atoms with E-state index in [1.807, 2.05) is 0 Å². The van der Waals surface area contributed by atoms with Crippen LogP contribution in [0.4, 0.5) is 5.00 Å². The number of ether oxygens (including phenoxy) is 2. The highest BCUT2D eigenvalue weighted by Gasteiger charge is 2.36. The molecule has 1 aromatic rings. The first-order valence-electron chi connectivity index (χ1n) is 5.20. The first-order chi connectivity index (χ1) is 8.63. The van der Waals surface area contributed by atoms with E-state index in [1.54, 1.807) is 12.3 Å². The van der Waals surface area contributed by atoms with E-state index in [9.17, 15) is 14.9 Å². The third-order valence-corrected chi connectivity index (χ3v) is 3.26. The summed E-state index contributed by atoms with van der Waals surface area (Å²) >= 11 is 0.985. The van der Waals surface area contributed by atoms with E-state index in [4.69, 9.17) is 9.47 Å². The van der Waals surface area contributed by atoms with E-state index in [-0.39, 0.29) is 11.6 Å². The lowest BCUT2D eigenvalue weighted by Gasteiger charge is -2.14. The van der Waals surface area contributed by atoms with Gasteiger partial charge in [0, 0.05) is 17.0 Å². The zero-order valence-electron chi connectivity index (χ0n) is 9.44. The second-order valence-corrected chi connectivity index (χ2v) is 4.37. The molecule has 0 N–H and O–H groups in total. The van der Waals surface area contributed by atoms with Gasteiger partial charge in [-0.15, -0.1) is 0 Å². The number of nitro groups is 1. The van der Waals surface area contributed by atoms with Gasteiger partial charge in [-0.1, -0.05) is 11.3 Å². The molecule has 8 heteroatoms. The van der Waals surface area contributed by atoms with Crippen molar-refractivity contribution in [3.63, 3.8) is 0 Å². The maximum atomic E-state index is 11.6. The fourth-order valence-electron chi connectivity index (χ4n) is 1.58. The average molecular weight is 270 g/mol. The molecule has 0 aliphatic carbocycles. The lowest BCUT2D eigenvalue weighted by molar-refractivity contribution is -0.380. The van der Waals surface area contributed by atoms with Crippen LogP contribution in [0.5, 0.6) is 0 Å². The SMILES string of the molecule is CCOC(=O)C1N=COC1c1csc([N+](=O)[O-])c1. The highest BCUT2D eigenvalue weighted by atomic mass is 32.1. The summed E-state index contributed by atoms with van der Waals surface area (Å²) in [4.78, 5) is 25.6. The lowest BCUT2D eigenvalue weighted by atomic mass is 10.1. The Kier molecular flexibility index (Phi) is 3.56. The molecule has 0 radical (unpaired) electrons. The van der Waals surface area contributed by atoms with Crippen molar-refractivity contribution in [1.29, 1.82) is 0 Å². The van der Waals surface area contributed by atoms with Gasteiger partial charge < -0.3 is 9.47 Å². The Morgan fingerprint density at radius 1 is 1.72 bits per heavy atom. The molecule has 2 unspecified atom stereocenters. The zero-order chi connectivity index (χ0) is 13.1. The van der Waals surface area contributed by atoms with Gasteiger partial charge in [-0.05, 0) is 6.92 Å². The summed E-state index contributed by atoms with van der Waals surface area (Å²) in [6, 6.07) is 0.593. The monoisotopic (exact) mass is 270 g/mol. The van der Waals surface area contributed by atoms with Crippen molar-refractivity contribution in [2.45, 2.75) is 19.1 Å². The van der Waals surface area contributed by atoms with Crippen molar-refractivity contribution in [2.75, 3.05) is 6.61 Å². The molecule has 0 fully saturated rings. The molecule has 0 bridgehead atoms. The van der Waals surface area contributed by atoms with Crippen LogP contribution >= 0.6 is 11.3 Å². The van der Waals surface area contributed by atoms with Gasteiger partial charge in [-0.25, -0.2) is 9.79 Å². The summed E-state index contributed by atoms with van der Waals surface area (Å²) in [5, 5.41) is 12.2. The molecule has 0 saturated carbocycles. The minimum atomic E-state index is -0.792. The predicted octanol–water partition coefficient (Wildman–Crippen LogP) is 1.69.